The number of hydrogen-bond acceptors (Lipinski definition) is 2. The van der Waals surface area contributed by atoms with Gasteiger partial charge in [0.2, 0.25) is 0 Å². The van der Waals surface area contributed by atoms with Crippen molar-refractivity contribution in [3.8, 4) is 0 Å². The summed E-state index contributed by atoms with van der Waals surface area (Å²) >= 11 is 19.6. The summed E-state index contributed by atoms with van der Waals surface area (Å²) in [5.41, 5.74) is 0. The molecule has 0 atom stereocenters. The highest BCUT2D eigenvalue weighted by atomic mass is 35.5. The summed E-state index contributed by atoms with van der Waals surface area (Å²) in [6.07, 6.45) is -0.167. The zero-order valence-corrected chi connectivity index (χ0v) is 12.2. The number of halogens is 4. The van der Waals surface area contributed by atoms with E-state index in [2.05, 4.69) is 0 Å². The molecule has 0 aliphatic carbocycles. The predicted molar refractivity (Wildman–Crippen MR) is 68.4 cm³/mol. The molecule has 0 spiro atoms. The summed E-state index contributed by atoms with van der Waals surface area (Å²) in [7, 11) is 0. The van der Waals surface area contributed by atoms with Crippen LogP contribution in [0.1, 0.15) is 27.7 Å². The first-order valence-corrected chi connectivity index (χ1v) is 5.83. The topological polar surface area (TPSA) is 57.5 Å². The number of carbonyl (C=O) groups is 1. The first kappa shape index (κ1) is 24.7. The molecule has 0 rings (SSSR count). The molecule has 2 N–H and O–H groups in total. The van der Waals surface area contributed by atoms with Crippen molar-refractivity contribution >= 4 is 52.4 Å². The molecule has 0 unspecified atom stereocenters. The van der Waals surface area contributed by atoms with Crippen molar-refractivity contribution in [3.05, 3.63) is 0 Å². The Kier molecular flexibility index (Phi) is 39.6. The minimum atomic E-state index is -0.833. The Bertz CT molecular complexity index is 94.6. The number of aliphatic hydroxyl groups is 1. The Labute approximate surface area is 111 Å². The number of aliphatic carboxylic acids is 1. The van der Waals surface area contributed by atoms with Gasteiger partial charge in [0, 0.05) is 13.0 Å². The van der Waals surface area contributed by atoms with Crippen LogP contribution in [0.2, 0.25) is 0 Å². The smallest absolute Gasteiger partial charge is 0.300 e. The molecule has 0 heterocycles. The monoisotopic (exact) mass is 302 g/mol. The quantitative estimate of drug-likeness (QED) is 0.671. The van der Waals surface area contributed by atoms with Crippen LogP contribution < -0.4 is 0 Å². The molecule has 0 bridgehead atoms. The highest BCUT2D eigenvalue weighted by Crippen LogP contribution is 1.95. The summed E-state index contributed by atoms with van der Waals surface area (Å²) in [5, 5.41) is 15.7. The van der Waals surface area contributed by atoms with E-state index in [9.17, 15) is 0 Å². The van der Waals surface area contributed by atoms with Crippen molar-refractivity contribution < 1.29 is 15.0 Å². The van der Waals surface area contributed by atoms with Crippen LogP contribution in [0.4, 0.5) is 0 Å². The number of hydrogen-bond donors (Lipinski definition) is 2. The number of carboxylic acids is 1. The van der Waals surface area contributed by atoms with Crippen molar-refractivity contribution in [2.75, 3.05) is 5.34 Å². The first-order valence-electron chi connectivity index (χ1n) is 3.89. The van der Waals surface area contributed by atoms with E-state index in [-0.39, 0.29) is 16.3 Å². The van der Waals surface area contributed by atoms with Crippen molar-refractivity contribution in [1.82, 2.24) is 0 Å². The third-order valence-corrected chi connectivity index (χ3v) is 0. The molecule has 0 aromatic rings. The van der Waals surface area contributed by atoms with Gasteiger partial charge in [0.1, 0.15) is 4.84 Å². The van der Waals surface area contributed by atoms with Gasteiger partial charge in [-0.2, -0.15) is 0 Å². The van der Waals surface area contributed by atoms with Crippen LogP contribution >= 0.6 is 46.4 Å². The molecule has 96 valence electrons. The summed E-state index contributed by atoms with van der Waals surface area (Å²) in [6.45, 7) is 6.23. The third kappa shape index (κ3) is 6640. The van der Waals surface area contributed by atoms with E-state index in [1.807, 2.05) is 0 Å². The number of rotatable bonds is 0. The van der Waals surface area contributed by atoms with Crippen LogP contribution in [-0.4, -0.2) is 32.5 Å². The average Bonchev–Trinajstić information content (AvgIpc) is 1.81. The molecule has 0 aliphatic heterocycles. The fraction of sp³-hybridized carbons (Fsp3) is 0.875. The molecular weight excluding hydrogens is 286 g/mol. The Morgan fingerprint density at radius 3 is 1.20 bits per heavy atom. The van der Waals surface area contributed by atoms with Gasteiger partial charge < -0.3 is 10.2 Å². The lowest BCUT2D eigenvalue weighted by Crippen LogP contribution is -1.85. The maximum atomic E-state index is 9.00. The number of aliphatic hydroxyl groups excluding tert-OH is 1. The van der Waals surface area contributed by atoms with Crippen LogP contribution in [-0.2, 0) is 4.79 Å². The molecular formula is C8H18Cl4O3. The van der Waals surface area contributed by atoms with Gasteiger partial charge in [0.05, 0.1) is 5.34 Å². The van der Waals surface area contributed by atoms with Crippen molar-refractivity contribution in [2.24, 2.45) is 0 Å². The van der Waals surface area contributed by atoms with Gasteiger partial charge in [-0.1, -0.05) is 0 Å². The van der Waals surface area contributed by atoms with Gasteiger partial charge in [-0.15, -0.1) is 46.4 Å². The molecule has 0 aliphatic rings. The van der Waals surface area contributed by atoms with E-state index in [0.717, 1.165) is 6.92 Å². The maximum Gasteiger partial charge on any atom is 0.300 e. The minimum absolute atomic E-state index is 0.167. The lowest BCUT2D eigenvalue weighted by atomic mass is 10.5. The molecule has 0 saturated heterocycles. The summed E-state index contributed by atoms with van der Waals surface area (Å²) in [6, 6.07) is 0. The fourth-order valence-corrected chi connectivity index (χ4v) is 0. The van der Waals surface area contributed by atoms with Crippen LogP contribution in [0, 0.1) is 0 Å². The van der Waals surface area contributed by atoms with Gasteiger partial charge >= 0.3 is 0 Å². The zero-order chi connectivity index (χ0) is 13.4. The third-order valence-electron chi connectivity index (χ3n) is 0. The Morgan fingerprint density at radius 1 is 1.20 bits per heavy atom. The van der Waals surface area contributed by atoms with Crippen LogP contribution in [0.15, 0.2) is 0 Å². The normalized spacial score (nSPS) is 7.67. The molecule has 7 heteroatoms. The molecule has 3 nitrogen and oxygen atoms in total. The van der Waals surface area contributed by atoms with E-state index in [1.54, 1.807) is 20.8 Å². The second kappa shape index (κ2) is 24.0. The van der Waals surface area contributed by atoms with Crippen LogP contribution in [0.3, 0.4) is 0 Å². The molecule has 0 aromatic heterocycles. The Balaban J connectivity index is -0.0000000542. The van der Waals surface area contributed by atoms with Crippen LogP contribution in [0.5, 0.6) is 0 Å². The van der Waals surface area contributed by atoms with E-state index in [4.69, 9.17) is 61.4 Å². The molecule has 0 amide bonds. The second-order valence-corrected chi connectivity index (χ2v) is 4.57. The average molecular weight is 304 g/mol. The number of carboxylic acid groups (broad SMARTS) is 1. The summed E-state index contributed by atoms with van der Waals surface area (Å²) in [4.78, 5) is 8.78. The van der Waals surface area contributed by atoms with Gasteiger partial charge in [0.15, 0.2) is 0 Å². The summed E-state index contributed by atoms with van der Waals surface area (Å²) < 4.78 is 0. The van der Waals surface area contributed by atoms with Gasteiger partial charge in [-0.25, -0.2) is 0 Å². The molecule has 0 fully saturated rings. The van der Waals surface area contributed by atoms with E-state index in [0.29, 0.717) is 0 Å². The van der Waals surface area contributed by atoms with Gasteiger partial charge in [-0.05, 0) is 20.8 Å². The molecule has 0 aromatic carbocycles. The second-order valence-electron chi connectivity index (χ2n) is 2.23. The van der Waals surface area contributed by atoms with Crippen molar-refractivity contribution in [2.45, 2.75) is 38.6 Å². The minimum Gasteiger partial charge on any atom is -0.481 e. The summed E-state index contributed by atoms with van der Waals surface area (Å²) in [5.74, 6) is -0.833. The van der Waals surface area contributed by atoms with Gasteiger partial charge in [0.25, 0.3) is 5.97 Å². The van der Waals surface area contributed by atoms with E-state index < -0.39 is 5.97 Å². The van der Waals surface area contributed by atoms with E-state index >= 15 is 0 Å². The Morgan fingerprint density at radius 2 is 1.20 bits per heavy atom. The van der Waals surface area contributed by atoms with Crippen molar-refractivity contribution in [1.29, 1.82) is 0 Å². The molecule has 0 radical (unpaired) electrons. The fourth-order valence-electron chi connectivity index (χ4n) is 0. The zero-order valence-electron chi connectivity index (χ0n) is 9.18. The molecule has 0 saturated carbocycles. The highest BCUT2D eigenvalue weighted by Gasteiger charge is 1.75. The standard InChI is InChI=1S/C3H8O.C2H4Cl2.C2H4O2.CH2Cl2/c1-3(2)4;2*1-2(3)4;2-1-3/h3-4H,1-2H3;2H,1H3;1H3,(H,3,4);1H2. The lowest BCUT2D eigenvalue weighted by molar-refractivity contribution is -0.134. The predicted octanol–water partition coefficient (Wildman–Crippen LogP) is 3.71. The van der Waals surface area contributed by atoms with E-state index in [1.165, 1.54) is 0 Å². The first-order chi connectivity index (χ1) is 6.61. The molecule has 15 heavy (non-hydrogen) atoms. The lowest BCUT2D eigenvalue weighted by Gasteiger charge is -1.80. The highest BCUT2D eigenvalue weighted by molar-refractivity contribution is 6.43. The van der Waals surface area contributed by atoms with Crippen LogP contribution in [0.25, 0.3) is 0 Å². The van der Waals surface area contributed by atoms with Gasteiger partial charge in [-0.3, -0.25) is 4.79 Å². The van der Waals surface area contributed by atoms with Crippen molar-refractivity contribution in [3.63, 3.8) is 0 Å². The Hall–Kier alpha value is 0.590. The number of alkyl halides is 4. The SMILES string of the molecule is CC(=O)O.CC(C)O.CC(Cl)Cl.ClCCl. The maximum absolute atomic E-state index is 9.00. The largest absolute Gasteiger partial charge is 0.481 e.